The highest BCUT2D eigenvalue weighted by atomic mass is 16.5. The van der Waals surface area contributed by atoms with Crippen LogP contribution in [0.15, 0.2) is 48.8 Å². The van der Waals surface area contributed by atoms with Gasteiger partial charge in [-0.15, -0.1) is 0 Å². The van der Waals surface area contributed by atoms with Crippen molar-refractivity contribution in [1.29, 1.82) is 0 Å². The second-order valence-electron chi connectivity index (χ2n) is 5.15. The third-order valence-corrected chi connectivity index (χ3v) is 3.41. The molecule has 8 heteroatoms. The van der Waals surface area contributed by atoms with Gasteiger partial charge in [0.1, 0.15) is 17.3 Å². The number of carbonyl (C=O) groups is 2. The van der Waals surface area contributed by atoms with Crippen LogP contribution in [0.1, 0.15) is 6.92 Å². The molecular formula is C17H16N4O4. The number of ether oxygens (including phenoxy) is 1. The molecule has 0 aliphatic heterocycles. The van der Waals surface area contributed by atoms with Crippen LogP contribution in [-0.4, -0.2) is 33.3 Å². The van der Waals surface area contributed by atoms with E-state index in [9.17, 15) is 9.59 Å². The number of hydrogen-bond donors (Lipinski definition) is 3. The molecule has 8 nitrogen and oxygen atoms in total. The van der Waals surface area contributed by atoms with Gasteiger partial charge in [0.15, 0.2) is 0 Å². The molecule has 3 aromatic rings. The first kappa shape index (κ1) is 16.3. The Morgan fingerprint density at radius 3 is 2.76 bits per heavy atom. The number of nitrogens with one attached hydrogen (secondary N) is 2. The zero-order chi connectivity index (χ0) is 17.8. The molecule has 0 fully saturated rings. The average Bonchev–Trinajstić information content (AvgIpc) is 2.98. The number of benzene rings is 1. The zero-order valence-corrected chi connectivity index (χ0v) is 13.4. The van der Waals surface area contributed by atoms with E-state index >= 15 is 0 Å². The van der Waals surface area contributed by atoms with Crippen LogP contribution in [0.5, 0.6) is 11.5 Å². The van der Waals surface area contributed by atoms with Gasteiger partial charge in [0.2, 0.25) is 0 Å². The monoisotopic (exact) mass is 340 g/mol. The van der Waals surface area contributed by atoms with Crippen LogP contribution >= 0.6 is 0 Å². The van der Waals surface area contributed by atoms with E-state index in [1.165, 1.54) is 12.4 Å². The maximum atomic E-state index is 11.5. The van der Waals surface area contributed by atoms with Gasteiger partial charge in [0.05, 0.1) is 5.52 Å². The van der Waals surface area contributed by atoms with Gasteiger partial charge in [-0.3, -0.25) is 9.88 Å². The molecule has 3 N–H and O–H groups in total. The second kappa shape index (κ2) is 6.91. The Morgan fingerprint density at radius 2 is 2.00 bits per heavy atom. The van der Waals surface area contributed by atoms with Crippen LogP contribution in [0.4, 0.5) is 15.4 Å². The van der Waals surface area contributed by atoms with Gasteiger partial charge < -0.3 is 15.2 Å². The fraction of sp³-hybridized carbons (Fsp3) is 0.118. The Kier molecular flexibility index (Phi) is 4.51. The SMILES string of the molecule is CCNC(=O)Nc1cc(Oc2ccc3c(ccn3C(=O)O)c2)ccn1. The first-order chi connectivity index (χ1) is 12.1. The van der Waals surface area contributed by atoms with Crippen molar-refractivity contribution in [1.82, 2.24) is 14.9 Å². The van der Waals surface area contributed by atoms with Crippen LogP contribution in [-0.2, 0) is 0 Å². The molecule has 128 valence electrons. The quantitative estimate of drug-likeness (QED) is 0.674. The Balaban J connectivity index is 1.79. The fourth-order valence-corrected chi connectivity index (χ4v) is 2.35. The summed E-state index contributed by atoms with van der Waals surface area (Å²) in [6.07, 6.45) is 1.97. The van der Waals surface area contributed by atoms with Gasteiger partial charge in [-0.2, -0.15) is 0 Å². The number of rotatable bonds is 4. The number of aromatic nitrogens is 2. The number of carbonyl (C=O) groups excluding carboxylic acids is 1. The number of anilines is 1. The van der Waals surface area contributed by atoms with E-state index in [1.807, 2.05) is 6.92 Å². The molecule has 0 spiro atoms. The summed E-state index contributed by atoms with van der Waals surface area (Å²) in [4.78, 5) is 26.7. The van der Waals surface area contributed by atoms with E-state index in [4.69, 9.17) is 9.84 Å². The number of nitrogens with zero attached hydrogens (tertiary/aromatic N) is 2. The van der Waals surface area contributed by atoms with Crippen molar-refractivity contribution in [2.45, 2.75) is 6.92 Å². The smallest absolute Gasteiger partial charge is 0.415 e. The number of fused-ring (bicyclic) bond motifs is 1. The third-order valence-electron chi connectivity index (χ3n) is 3.41. The Morgan fingerprint density at radius 1 is 1.20 bits per heavy atom. The summed E-state index contributed by atoms with van der Waals surface area (Å²) < 4.78 is 6.91. The summed E-state index contributed by atoms with van der Waals surface area (Å²) >= 11 is 0. The summed E-state index contributed by atoms with van der Waals surface area (Å²) in [6, 6.07) is 9.71. The summed E-state index contributed by atoms with van der Waals surface area (Å²) in [5, 5.41) is 15.1. The van der Waals surface area contributed by atoms with E-state index in [1.54, 1.807) is 36.4 Å². The van der Waals surface area contributed by atoms with Crippen LogP contribution in [0.3, 0.4) is 0 Å². The van der Waals surface area contributed by atoms with E-state index in [2.05, 4.69) is 15.6 Å². The van der Waals surface area contributed by atoms with Crippen LogP contribution < -0.4 is 15.4 Å². The highest BCUT2D eigenvalue weighted by Crippen LogP contribution is 2.27. The minimum atomic E-state index is -1.04. The van der Waals surface area contributed by atoms with Crippen molar-refractivity contribution >= 4 is 28.8 Å². The number of carboxylic acid groups (broad SMARTS) is 1. The molecular weight excluding hydrogens is 324 g/mol. The van der Waals surface area contributed by atoms with Gasteiger partial charge in [0.25, 0.3) is 0 Å². The van der Waals surface area contributed by atoms with Crippen LogP contribution in [0.2, 0.25) is 0 Å². The van der Waals surface area contributed by atoms with Crippen molar-refractivity contribution < 1.29 is 19.4 Å². The molecule has 3 rings (SSSR count). The minimum absolute atomic E-state index is 0.344. The molecule has 0 atom stereocenters. The molecule has 1 aromatic carbocycles. The highest BCUT2D eigenvalue weighted by Gasteiger charge is 2.09. The predicted molar refractivity (Wildman–Crippen MR) is 92.4 cm³/mol. The van der Waals surface area contributed by atoms with E-state index in [0.717, 1.165) is 9.95 Å². The molecule has 0 bridgehead atoms. The van der Waals surface area contributed by atoms with Gasteiger partial charge in [-0.1, -0.05) is 0 Å². The molecule has 0 unspecified atom stereocenters. The Labute approximate surface area is 143 Å². The first-order valence-corrected chi connectivity index (χ1v) is 7.60. The maximum absolute atomic E-state index is 11.5. The second-order valence-corrected chi connectivity index (χ2v) is 5.15. The highest BCUT2D eigenvalue weighted by molar-refractivity contribution is 5.90. The number of pyridine rings is 1. The first-order valence-electron chi connectivity index (χ1n) is 7.60. The maximum Gasteiger partial charge on any atom is 0.415 e. The molecule has 0 aliphatic carbocycles. The van der Waals surface area contributed by atoms with E-state index in [0.29, 0.717) is 29.4 Å². The normalized spacial score (nSPS) is 10.4. The third kappa shape index (κ3) is 3.69. The van der Waals surface area contributed by atoms with Gasteiger partial charge >= 0.3 is 12.1 Å². The van der Waals surface area contributed by atoms with Gasteiger partial charge in [-0.25, -0.2) is 14.6 Å². The molecule has 2 aromatic heterocycles. The summed E-state index contributed by atoms with van der Waals surface area (Å²) in [5.41, 5.74) is 0.577. The van der Waals surface area contributed by atoms with Crippen molar-refractivity contribution in [2.75, 3.05) is 11.9 Å². The van der Waals surface area contributed by atoms with Crippen molar-refractivity contribution in [3.05, 3.63) is 48.8 Å². The minimum Gasteiger partial charge on any atom is -0.464 e. The summed E-state index contributed by atoms with van der Waals surface area (Å²) in [7, 11) is 0. The van der Waals surface area contributed by atoms with Gasteiger partial charge in [0, 0.05) is 30.4 Å². The zero-order valence-electron chi connectivity index (χ0n) is 13.4. The van der Waals surface area contributed by atoms with Crippen LogP contribution in [0, 0.1) is 0 Å². The standard InChI is InChI=1S/C17H16N4O4/c1-2-18-16(22)20-15-10-13(5-7-19-15)25-12-3-4-14-11(9-12)6-8-21(14)17(23)24/h3-10H,2H2,1H3,(H,23,24)(H2,18,19,20,22). The Hall–Kier alpha value is -3.55. The lowest BCUT2D eigenvalue weighted by Gasteiger charge is -2.09. The molecule has 2 amide bonds. The average molecular weight is 340 g/mol. The number of amides is 2. The van der Waals surface area contributed by atoms with Crippen molar-refractivity contribution in [2.24, 2.45) is 0 Å². The molecule has 25 heavy (non-hydrogen) atoms. The predicted octanol–water partition coefficient (Wildman–Crippen LogP) is 3.50. The number of hydrogen-bond acceptors (Lipinski definition) is 4. The molecule has 0 saturated carbocycles. The Bertz CT molecular complexity index is 935. The van der Waals surface area contributed by atoms with E-state index in [-0.39, 0.29) is 6.03 Å². The molecule has 2 heterocycles. The molecule has 0 saturated heterocycles. The summed E-state index contributed by atoms with van der Waals surface area (Å²) in [6.45, 7) is 2.33. The van der Waals surface area contributed by atoms with Crippen LogP contribution in [0.25, 0.3) is 10.9 Å². The lowest BCUT2D eigenvalue weighted by Crippen LogP contribution is -2.28. The fourth-order valence-electron chi connectivity index (χ4n) is 2.35. The topological polar surface area (TPSA) is 105 Å². The summed E-state index contributed by atoms with van der Waals surface area (Å²) in [5.74, 6) is 1.41. The van der Waals surface area contributed by atoms with Crippen molar-refractivity contribution in [3.63, 3.8) is 0 Å². The van der Waals surface area contributed by atoms with Gasteiger partial charge in [-0.05, 0) is 37.3 Å². The molecule has 0 radical (unpaired) electrons. The number of urea groups is 1. The molecule has 0 aliphatic rings. The van der Waals surface area contributed by atoms with Crippen molar-refractivity contribution in [3.8, 4) is 11.5 Å². The van der Waals surface area contributed by atoms with E-state index < -0.39 is 6.09 Å². The lowest BCUT2D eigenvalue weighted by molar-refractivity contribution is 0.197. The largest absolute Gasteiger partial charge is 0.464 e. The lowest BCUT2D eigenvalue weighted by atomic mass is 10.2.